The number of rotatable bonds is 5. The highest BCUT2D eigenvalue weighted by Gasteiger charge is 2.14. The van der Waals surface area contributed by atoms with E-state index in [0.717, 1.165) is 17.7 Å². The van der Waals surface area contributed by atoms with Crippen molar-refractivity contribution in [3.8, 4) is 11.5 Å². The molecular weight excluding hydrogens is 272 g/mol. The van der Waals surface area contributed by atoms with E-state index in [-0.39, 0.29) is 5.75 Å². The molecule has 0 bridgehead atoms. The van der Waals surface area contributed by atoms with Crippen molar-refractivity contribution in [1.82, 2.24) is 5.32 Å². The van der Waals surface area contributed by atoms with Crippen LogP contribution in [0.15, 0.2) is 30.3 Å². The summed E-state index contributed by atoms with van der Waals surface area (Å²) in [6.45, 7) is 6.90. The van der Waals surface area contributed by atoms with Gasteiger partial charge < -0.3 is 10.1 Å². The minimum atomic E-state index is -0.692. The van der Waals surface area contributed by atoms with E-state index >= 15 is 0 Å². The number of ether oxygens (including phenoxy) is 1. The van der Waals surface area contributed by atoms with Crippen LogP contribution in [0.4, 0.5) is 8.78 Å². The highest BCUT2D eigenvalue weighted by molar-refractivity contribution is 5.41. The van der Waals surface area contributed by atoms with Crippen LogP contribution in [0.1, 0.15) is 23.6 Å². The Balaban J connectivity index is 2.27. The Hall–Kier alpha value is -1.94. The van der Waals surface area contributed by atoms with Crippen LogP contribution >= 0.6 is 0 Å². The number of hydrogen-bond acceptors (Lipinski definition) is 2. The Bertz CT molecular complexity index is 618. The van der Waals surface area contributed by atoms with Gasteiger partial charge in [0.15, 0.2) is 17.4 Å². The largest absolute Gasteiger partial charge is 0.451 e. The third-order valence-electron chi connectivity index (χ3n) is 3.18. The van der Waals surface area contributed by atoms with Crippen LogP contribution in [0.5, 0.6) is 11.5 Å². The molecule has 0 aromatic heterocycles. The van der Waals surface area contributed by atoms with Gasteiger partial charge in [0.2, 0.25) is 0 Å². The second kappa shape index (κ2) is 6.68. The molecule has 0 aliphatic heterocycles. The van der Waals surface area contributed by atoms with Crippen molar-refractivity contribution in [2.24, 2.45) is 0 Å². The van der Waals surface area contributed by atoms with Gasteiger partial charge in [-0.1, -0.05) is 24.6 Å². The van der Waals surface area contributed by atoms with E-state index < -0.39 is 11.6 Å². The molecule has 4 heteroatoms. The van der Waals surface area contributed by atoms with Crippen molar-refractivity contribution in [2.75, 3.05) is 6.54 Å². The van der Waals surface area contributed by atoms with Crippen molar-refractivity contribution >= 4 is 0 Å². The topological polar surface area (TPSA) is 21.3 Å². The van der Waals surface area contributed by atoms with Gasteiger partial charge in [0.05, 0.1) is 0 Å². The lowest BCUT2D eigenvalue weighted by Gasteiger charge is -2.12. The lowest BCUT2D eigenvalue weighted by molar-refractivity contribution is 0.404. The molecule has 112 valence electrons. The van der Waals surface area contributed by atoms with E-state index in [9.17, 15) is 8.78 Å². The summed E-state index contributed by atoms with van der Waals surface area (Å²) in [7, 11) is 0. The molecule has 1 N–H and O–H groups in total. The molecule has 2 aromatic rings. The maximum absolute atomic E-state index is 14.0. The standard InChI is InChI=1S/C17H19F2NO/c1-4-20-10-13-8-14(18)17(15(19)9-13)21-16-6-5-11(2)7-12(16)3/h5-9,20H,4,10H2,1-3H3. The van der Waals surface area contributed by atoms with Crippen molar-refractivity contribution < 1.29 is 13.5 Å². The monoisotopic (exact) mass is 291 g/mol. The van der Waals surface area contributed by atoms with Crippen LogP contribution in [-0.4, -0.2) is 6.54 Å². The first-order chi connectivity index (χ1) is 10.0. The molecule has 2 aromatic carbocycles. The van der Waals surface area contributed by atoms with E-state index in [1.807, 2.05) is 32.9 Å². The summed E-state index contributed by atoms with van der Waals surface area (Å²) in [4.78, 5) is 0. The Morgan fingerprint density at radius 1 is 1.05 bits per heavy atom. The summed E-state index contributed by atoms with van der Waals surface area (Å²) in [5.41, 5.74) is 2.46. The maximum Gasteiger partial charge on any atom is 0.198 e. The second-order valence-corrected chi connectivity index (χ2v) is 5.04. The van der Waals surface area contributed by atoms with E-state index in [4.69, 9.17) is 4.74 Å². The minimum Gasteiger partial charge on any atom is -0.451 e. The summed E-state index contributed by atoms with van der Waals surface area (Å²) in [5.74, 6) is -1.29. The molecule has 21 heavy (non-hydrogen) atoms. The van der Waals surface area contributed by atoms with Crippen LogP contribution in [0.2, 0.25) is 0 Å². The predicted octanol–water partition coefficient (Wildman–Crippen LogP) is 4.48. The second-order valence-electron chi connectivity index (χ2n) is 5.04. The molecule has 2 rings (SSSR count). The fraction of sp³-hybridized carbons (Fsp3) is 0.294. The number of halogens is 2. The quantitative estimate of drug-likeness (QED) is 0.876. The van der Waals surface area contributed by atoms with Gasteiger partial charge in [0.1, 0.15) is 5.75 Å². The molecule has 0 atom stereocenters. The lowest BCUT2D eigenvalue weighted by Crippen LogP contribution is -2.12. The summed E-state index contributed by atoms with van der Waals surface area (Å²) in [5, 5.41) is 3.03. The summed E-state index contributed by atoms with van der Waals surface area (Å²) in [6.07, 6.45) is 0. The van der Waals surface area contributed by atoms with Gasteiger partial charge in [-0.05, 0) is 49.7 Å². The Kier molecular flexibility index (Phi) is 4.91. The van der Waals surface area contributed by atoms with Gasteiger partial charge in [-0.2, -0.15) is 0 Å². The van der Waals surface area contributed by atoms with Gasteiger partial charge >= 0.3 is 0 Å². The Morgan fingerprint density at radius 3 is 2.29 bits per heavy atom. The Labute approximate surface area is 123 Å². The number of aryl methyl sites for hydroxylation is 2. The van der Waals surface area contributed by atoms with Gasteiger partial charge in [0.25, 0.3) is 0 Å². The smallest absolute Gasteiger partial charge is 0.198 e. The number of benzene rings is 2. The van der Waals surface area contributed by atoms with Crippen LogP contribution in [0.25, 0.3) is 0 Å². The zero-order valence-electron chi connectivity index (χ0n) is 12.5. The number of hydrogen-bond donors (Lipinski definition) is 1. The van der Waals surface area contributed by atoms with Crippen LogP contribution in [0.3, 0.4) is 0 Å². The van der Waals surface area contributed by atoms with Crippen LogP contribution in [0, 0.1) is 25.5 Å². The first-order valence-electron chi connectivity index (χ1n) is 6.95. The first-order valence-corrected chi connectivity index (χ1v) is 6.95. The third kappa shape index (κ3) is 3.79. The fourth-order valence-electron chi connectivity index (χ4n) is 2.11. The van der Waals surface area contributed by atoms with Gasteiger partial charge in [-0.25, -0.2) is 8.78 Å². The molecule has 0 aliphatic carbocycles. The van der Waals surface area contributed by atoms with Crippen LogP contribution < -0.4 is 10.1 Å². The normalized spacial score (nSPS) is 10.7. The SMILES string of the molecule is CCNCc1cc(F)c(Oc2ccc(C)cc2C)c(F)c1. The van der Waals surface area contributed by atoms with Crippen molar-refractivity contribution in [2.45, 2.75) is 27.3 Å². The first kappa shape index (κ1) is 15.4. The summed E-state index contributed by atoms with van der Waals surface area (Å²) >= 11 is 0. The Morgan fingerprint density at radius 2 is 1.71 bits per heavy atom. The van der Waals surface area contributed by atoms with E-state index in [2.05, 4.69) is 5.32 Å². The average molecular weight is 291 g/mol. The van der Waals surface area contributed by atoms with Crippen molar-refractivity contribution in [3.05, 3.63) is 58.7 Å². The summed E-state index contributed by atoms with van der Waals surface area (Å²) < 4.78 is 33.5. The molecule has 0 fully saturated rings. The molecule has 0 saturated heterocycles. The van der Waals surface area contributed by atoms with E-state index in [0.29, 0.717) is 17.9 Å². The van der Waals surface area contributed by atoms with E-state index in [1.165, 1.54) is 12.1 Å². The predicted molar refractivity (Wildman–Crippen MR) is 79.7 cm³/mol. The lowest BCUT2D eigenvalue weighted by atomic mass is 10.1. The molecule has 0 heterocycles. The molecule has 0 aliphatic rings. The highest BCUT2D eigenvalue weighted by Crippen LogP contribution is 2.30. The molecule has 0 spiro atoms. The minimum absolute atomic E-state index is 0.359. The van der Waals surface area contributed by atoms with Gasteiger partial charge in [-0.15, -0.1) is 0 Å². The molecule has 0 saturated carbocycles. The van der Waals surface area contributed by atoms with Gasteiger partial charge in [-0.3, -0.25) is 0 Å². The highest BCUT2D eigenvalue weighted by atomic mass is 19.1. The van der Waals surface area contributed by atoms with Crippen LogP contribution in [-0.2, 0) is 6.54 Å². The average Bonchev–Trinajstić information content (AvgIpc) is 2.42. The zero-order valence-corrected chi connectivity index (χ0v) is 12.5. The molecular formula is C17H19F2NO. The molecule has 0 amide bonds. The molecule has 2 nitrogen and oxygen atoms in total. The van der Waals surface area contributed by atoms with Crippen molar-refractivity contribution in [3.63, 3.8) is 0 Å². The molecule has 0 radical (unpaired) electrons. The number of nitrogens with one attached hydrogen (secondary N) is 1. The van der Waals surface area contributed by atoms with E-state index in [1.54, 1.807) is 6.07 Å². The maximum atomic E-state index is 14.0. The molecule has 0 unspecified atom stereocenters. The zero-order chi connectivity index (χ0) is 15.4. The fourth-order valence-corrected chi connectivity index (χ4v) is 2.11. The third-order valence-corrected chi connectivity index (χ3v) is 3.18. The summed E-state index contributed by atoms with van der Waals surface area (Å²) in [6, 6.07) is 8.06. The van der Waals surface area contributed by atoms with Crippen molar-refractivity contribution in [1.29, 1.82) is 0 Å². The van der Waals surface area contributed by atoms with Gasteiger partial charge in [0, 0.05) is 6.54 Å².